The predicted molar refractivity (Wildman–Crippen MR) is 144 cm³/mol. The summed E-state index contributed by atoms with van der Waals surface area (Å²) in [4.78, 5) is 14.4. The Labute approximate surface area is 220 Å². The molecule has 8 heteroatoms. The zero-order chi connectivity index (χ0) is 25.9. The number of nitriles is 2. The number of allylic oxidation sites excluding steroid dienone is 1. The van der Waals surface area contributed by atoms with Crippen LogP contribution in [-0.2, 0) is 11.2 Å². The van der Waals surface area contributed by atoms with E-state index in [9.17, 15) is 4.79 Å². The van der Waals surface area contributed by atoms with E-state index in [1.165, 1.54) is 5.56 Å². The quantitative estimate of drug-likeness (QED) is 0.307. The van der Waals surface area contributed by atoms with Crippen LogP contribution in [0.1, 0.15) is 16.7 Å². The summed E-state index contributed by atoms with van der Waals surface area (Å²) in [5.41, 5.74) is 4.42. The molecule has 0 unspecified atom stereocenters. The first kappa shape index (κ1) is 26.6. The highest BCUT2D eigenvalue weighted by molar-refractivity contribution is 6.42. The Morgan fingerprint density at radius 1 is 1.00 bits per heavy atom. The summed E-state index contributed by atoms with van der Waals surface area (Å²) in [6.45, 7) is 3.27. The van der Waals surface area contributed by atoms with Gasteiger partial charge in [0.2, 0.25) is 0 Å². The topological polar surface area (TPSA) is 89.2 Å². The van der Waals surface area contributed by atoms with Crippen molar-refractivity contribution in [2.75, 3.05) is 29.9 Å². The number of amides is 1. The van der Waals surface area contributed by atoms with E-state index in [4.69, 9.17) is 38.5 Å². The summed E-state index contributed by atoms with van der Waals surface area (Å²) in [6.07, 6.45) is 1.79. The van der Waals surface area contributed by atoms with Crippen LogP contribution < -0.4 is 10.2 Å². The number of benzene rings is 3. The molecule has 6 nitrogen and oxygen atoms in total. The minimum atomic E-state index is -0.589. The zero-order valence-electron chi connectivity index (χ0n) is 19.7. The van der Waals surface area contributed by atoms with Crippen LogP contribution in [0.3, 0.4) is 0 Å². The van der Waals surface area contributed by atoms with Gasteiger partial charge in [-0.1, -0.05) is 59.6 Å². The highest BCUT2D eigenvalue weighted by Gasteiger charge is 2.11. The fourth-order valence-corrected chi connectivity index (χ4v) is 3.82. The maximum atomic E-state index is 12.3. The predicted octanol–water partition coefficient (Wildman–Crippen LogP) is 7.03. The molecule has 0 spiro atoms. The minimum absolute atomic E-state index is 0.0492. The van der Waals surface area contributed by atoms with E-state index in [0.717, 1.165) is 23.2 Å². The first-order valence-electron chi connectivity index (χ1n) is 11.2. The van der Waals surface area contributed by atoms with Gasteiger partial charge in [-0.3, -0.25) is 5.32 Å². The smallest absolute Gasteiger partial charge is 0.411 e. The molecule has 3 aromatic carbocycles. The Morgan fingerprint density at radius 2 is 1.75 bits per heavy atom. The highest BCUT2D eigenvalue weighted by atomic mass is 35.5. The maximum absolute atomic E-state index is 12.3. The van der Waals surface area contributed by atoms with Crippen molar-refractivity contribution in [1.82, 2.24) is 0 Å². The molecule has 1 N–H and O–H groups in total. The Hall–Kier alpha value is -3.97. The summed E-state index contributed by atoms with van der Waals surface area (Å²) < 4.78 is 5.41. The molecular formula is C28H24Cl2N4O2. The number of anilines is 2. The lowest BCUT2D eigenvalue weighted by Gasteiger charge is -2.25. The van der Waals surface area contributed by atoms with E-state index in [1.807, 2.05) is 55.5 Å². The largest absolute Gasteiger partial charge is 0.447 e. The Kier molecular flexibility index (Phi) is 9.77. The summed E-state index contributed by atoms with van der Waals surface area (Å²) >= 11 is 11.9. The Balaban J connectivity index is 1.69. The molecule has 0 saturated carbocycles. The fourth-order valence-electron chi connectivity index (χ4n) is 3.52. The molecule has 0 saturated heterocycles. The molecule has 0 aliphatic heterocycles. The van der Waals surface area contributed by atoms with Gasteiger partial charge in [0.05, 0.1) is 16.6 Å². The summed E-state index contributed by atoms with van der Waals surface area (Å²) in [7, 11) is 0. The molecule has 0 bridgehead atoms. The Bertz CT molecular complexity index is 1310. The number of hydrogen-bond acceptors (Lipinski definition) is 5. The van der Waals surface area contributed by atoms with Gasteiger partial charge in [0.15, 0.2) is 0 Å². The molecular weight excluding hydrogens is 495 g/mol. The lowest BCUT2D eigenvalue weighted by atomic mass is 10.0. The van der Waals surface area contributed by atoms with Crippen molar-refractivity contribution in [3.8, 4) is 12.1 Å². The third kappa shape index (κ3) is 7.78. The zero-order valence-corrected chi connectivity index (χ0v) is 21.2. The molecule has 1 amide bonds. The molecule has 182 valence electrons. The van der Waals surface area contributed by atoms with Crippen molar-refractivity contribution in [1.29, 1.82) is 10.5 Å². The number of nitrogens with one attached hydrogen (secondary N) is 1. The molecule has 0 fully saturated rings. The van der Waals surface area contributed by atoms with Crippen LogP contribution >= 0.6 is 23.2 Å². The monoisotopic (exact) mass is 518 g/mol. The third-order valence-corrected chi connectivity index (χ3v) is 6.17. The third-order valence-electron chi connectivity index (χ3n) is 5.43. The SMILES string of the molecule is Cc1cc(N(CCOC(=O)Nc2ccc(Cl)c(Cl)c2)CCc2ccccc2)ccc1C=C(C#N)C#N. The van der Waals surface area contributed by atoms with Gasteiger partial charge in [-0.15, -0.1) is 0 Å². The number of aryl methyl sites for hydroxylation is 1. The molecule has 0 heterocycles. The van der Waals surface area contributed by atoms with Crippen LogP contribution in [0.25, 0.3) is 6.08 Å². The summed E-state index contributed by atoms with van der Waals surface area (Å²) in [5.74, 6) is 0. The van der Waals surface area contributed by atoms with Gasteiger partial charge in [-0.2, -0.15) is 10.5 Å². The number of hydrogen-bond donors (Lipinski definition) is 1. The van der Waals surface area contributed by atoms with E-state index in [1.54, 1.807) is 24.3 Å². The molecule has 0 aliphatic rings. The lowest BCUT2D eigenvalue weighted by Crippen LogP contribution is -2.31. The summed E-state index contributed by atoms with van der Waals surface area (Å²) in [6, 6.07) is 24.5. The van der Waals surface area contributed by atoms with Crippen LogP contribution in [0.2, 0.25) is 10.0 Å². The molecule has 3 rings (SSSR count). The molecule has 3 aromatic rings. The number of halogens is 2. The van der Waals surface area contributed by atoms with Gasteiger partial charge in [0, 0.05) is 17.9 Å². The normalized spacial score (nSPS) is 10.0. The van der Waals surface area contributed by atoms with Crippen molar-refractivity contribution >= 4 is 46.7 Å². The maximum Gasteiger partial charge on any atom is 0.411 e. The second kappa shape index (κ2) is 13.2. The van der Waals surface area contributed by atoms with Crippen LogP contribution in [0, 0.1) is 29.6 Å². The van der Waals surface area contributed by atoms with Crippen molar-refractivity contribution < 1.29 is 9.53 Å². The number of carbonyl (C=O) groups is 1. The molecule has 0 aromatic heterocycles. The van der Waals surface area contributed by atoms with Crippen LogP contribution in [0.15, 0.2) is 72.3 Å². The van der Waals surface area contributed by atoms with Gasteiger partial charge < -0.3 is 9.64 Å². The number of nitrogens with zero attached hydrogens (tertiary/aromatic N) is 3. The van der Waals surface area contributed by atoms with Crippen molar-refractivity contribution in [3.63, 3.8) is 0 Å². The number of carbonyl (C=O) groups excluding carboxylic acids is 1. The second-order valence-corrected chi connectivity index (χ2v) is 8.75. The fraction of sp³-hybridized carbons (Fsp3) is 0.179. The molecule has 0 atom stereocenters. The molecule has 0 radical (unpaired) electrons. The standard InChI is InChI=1S/C28H24Cl2N4O2/c1-20-15-25(9-7-23(20)16-22(18-31)19-32)34(12-11-21-5-3-2-4-6-21)13-14-36-28(35)33-24-8-10-26(29)27(30)17-24/h2-10,15-17H,11-14H2,1H3,(H,33,35). The van der Waals surface area contributed by atoms with Crippen molar-refractivity contribution in [3.05, 3.63) is 99.0 Å². The van der Waals surface area contributed by atoms with Gasteiger partial charge >= 0.3 is 6.09 Å². The van der Waals surface area contributed by atoms with Gasteiger partial charge in [-0.25, -0.2) is 4.79 Å². The van der Waals surface area contributed by atoms with Gasteiger partial charge in [-0.05, 0) is 66.4 Å². The average molecular weight is 519 g/mol. The first-order chi connectivity index (χ1) is 17.4. The number of rotatable bonds is 9. The second-order valence-electron chi connectivity index (χ2n) is 7.93. The lowest BCUT2D eigenvalue weighted by molar-refractivity contribution is 0.164. The summed E-state index contributed by atoms with van der Waals surface area (Å²) in [5, 5.41) is 21.5. The van der Waals surface area contributed by atoms with Crippen LogP contribution in [-0.4, -0.2) is 25.8 Å². The number of ether oxygens (including phenoxy) is 1. The van der Waals surface area contributed by atoms with Crippen LogP contribution in [0.5, 0.6) is 0 Å². The van der Waals surface area contributed by atoms with E-state index in [-0.39, 0.29) is 12.2 Å². The Morgan fingerprint density at radius 3 is 2.42 bits per heavy atom. The molecule has 0 aliphatic carbocycles. The van der Waals surface area contributed by atoms with Crippen molar-refractivity contribution in [2.24, 2.45) is 0 Å². The average Bonchev–Trinajstić information content (AvgIpc) is 2.88. The van der Waals surface area contributed by atoms with Gasteiger partial charge in [0.1, 0.15) is 24.3 Å². The molecule has 36 heavy (non-hydrogen) atoms. The highest BCUT2D eigenvalue weighted by Crippen LogP contribution is 2.25. The van der Waals surface area contributed by atoms with E-state index >= 15 is 0 Å². The van der Waals surface area contributed by atoms with E-state index in [2.05, 4.69) is 22.3 Å². The van der Waals surface area contributed by atoms with Gasteiger partial charge in [0.25, 0.3) is 0 Å². The van der Waals surface area contributed by atoms with E-state index in [0.29, 0.717) is 28.8 Å². The first-order valence-corrected chi connectivity index (χ1v) is 12.0. The van der Waals surface area contributed by atoms with Crippen molar-refractivity contribution in [2.45, 2.75) is 13.3 Å². The minimum Gasteiger partial charge on any atom is -0.447 e. The van der Waals surface area contributed by atoms with Crippen LogP contribution in [0.4, 0.5) is 16.2 Å². The van der Waals surface area contributed by atoms with E-state index < -0.39 is 6.09 Å².